The third kappa shape index (κ3) is 3.07. The van der Waals surface area contributed by atoms with Crippen LogP contribution in [-0.4, -0.2) is 18.5 Å². The lowest BCUT2D eigenvalue weighted by Gasteiger charge is -2.19. The van der Waals surface area contributed by atoms with Gasteiger partial charge >= 0.3 is 5.69 Å². The van der Waals surface area contributed by atoms with Gasteiger partial charge in [-0.15, -0.1) is 0 Å². The molecule has 0 unspecified atom stereocenters. The van der Waals surface area contributed by atoms with Gasteiger partial charge in [0.05, 0.1) is 4.92 Å². The zero-order chi connectivity index (χ0) is 12.8. The Kier molecular flexibility index (Phi) is 4.71. The Labute approximate surface area is 101 Å². The van der Waals surface area contributed by atoms with Crippen molar-refractivity contribution in [3.8, 4) is 0 Å². The second kappa shape index (κ2) is 6.05. The standard InChI is InChI=1S/C11H18N4O2/c1-3-4-8-14(2)10-7-5-6-9(13-12)11(10)15(16)17/h5-7,13H,3-4,8,12H2,1-2H3. The van der Waals surface area contributed by atoms with Crippen molar-refractivity contribution >= 4 is 17.1 Å². The summed E-state index contributed by atoms with van der Waals surface area (Å²) in [5.41, 5.74) is 3.29. The number of nitrogens with two attached hydrogens (primary N) is 1. The lowest BCUT2D eigenvalue weighted by atomic mass is 10.2. The zero-order valence-electron chi connectivity index (χ0n) is 10.1. The molecule has 6 nitrogen and oxygen atoms in total. The van der Waals surface area contributed by atoms with Crippen LogP contribution in [0.1, 0.15) is 19.8 Å². The molecule has 1 aromatic rings. The predicted octanol–water partition coefficient (Wildman–Crippen LogP) is 2.12. The molecule has 3 N–H and O–H groups in total. The van der Waals surface area contributed by atoms with Crippen molar-refractivity contribution in [2.24, 2.45) is 5.84 Å². The summed E-state index contributed by atoms with van der Waals surface area (Å²) in [5, 5.41) is 11.1. The van der Waals surface area contributed by atoms with Crippen molar-refractivity contribution in [2.45, 2.75) is 19.8 Å². The van der Waals surface area contributed by atoms with Crippen LogP contribution < -0.4 is 16.2 Å². The monoisotopic (exact) mass is 238 g/mol. The summed E-state index contributed by atoms with van der Waals surface area (Å²) in [6.07, 6.45) is 2.04. The van der Waals surface area contributed by atoms with Gasteiger partial charge in [-0.1, -0.05) is 19.4 Å². The summed E-state index contributed by atoms with van der Waals surface area (Å²) in [6, 6.07) is 5.07. The first-order chi connectivity index (χ1) is 8.11. The van der Waals surface area contributed by atoms with Crippen molar-refractivity contribution < 1.29 is 4.92 Å². The third-order valence-electron chi connectivity index (χ3n) is 2.61. The highest BCUT2D eigenvalue weighted by Crippen LogP contribution is 2.34. The van der Waals surface area contributed by atoms with Crippen molar-refractivity contribution in [3.63, 3.8) is 0 Å². The molecule has 0 heterocycles. The highest BCUT2D eigenvalue weighted by atomic mass is 16.6. The molecule has 0 bridgehead atoms. The van der Waals surface area contributed by atoms with E-state index in [0.29, 0.717) is 11.4 Å². The molecule has 94 valence electrons. The van der Waals surface area contributed by atoms with Crippen LogP contribution in [0.3, 0.4) is 0 Å². The van der Waals surface area contributed by atoms with Crippen LogP contribution >= 0.6 is 0 Å². The van der Waals surface area contributed by atoms with E-state index in [1.54, 1.807) is 18.2 Å². The number of anilines is 2. The van der Waals surface area contributed by atoms with Crippen LogP contribution in [0.5, 0.6) is 0 Å². The number of hydrazine groups is 1. The van der Waals surface area contributed by atoms with Gasteiger partial charge in [0.2, 0.25) is 0 Å². The number of nitro benzene ring substituents is 1. The van der Waals surface area contributed by atoms with Crippen LogP contribution in [0.25, 0.3) is 0 Å². The topological polar surface area (TPSA) is 84.4 Å². The first-order valence-electron chi connectivity index (χ1n) is 5.57. The van der Waals surface area contributed by atoms with Gasteiger partial charge in [0.25, 0.3) is 0 Å². The minimum absolute atomic E-state index is 0.0219. The molecule has 0 radical (unpaired) electrons. The molecule has 0 amide bonds. The van der Waals surface area contributed by atoms with Crippen LogP contribution in [0, 0.1) is 10.1 Å². The van der Waals surface area contributed by atoms with Gasteiger partial charge in [-0.25, -0.2) is 0 Å². The Morgan fingerprint density at radius 2 is 2.24 bits per heavy atom. The minimum atomic E-state index is -0.410. The van der Waals surface area contributed by atoms with E-state index in [9.17, 15) is 10.1 Å². The van der Waals surface area contributed by atoms with Gasteiger partial charge < -0.3 is 10.3 Å². The fourth-order valence-electron chi connectivity index (χ4n) is 1.66. The van der Waals surface area contributed by atoms with Crippen molar-refractivity contribution in [2.75, 3.05) is 23.9 Å². The second-order valence-electron chi connectivity index (χ2n) is 3.85. The van der Waals surface area contributed by atoms with E-state index >= 15 is 0 Å². The van der Waals surface area contributed by atoms with Crippen molar-refractivity contribution in [1.82, 2.24) is 0 Å². The maximum atomic E-state index is 11.1. The van der Waals surface area contributed by atoms with E-state index in [2.05, 4.69) is 12.3 Å². The first-order valence-corrected chi connectivity index (χ1v) is 5.57. The van der Waals surface area contributed by atoms with E-state index in [4.69, 9.17) is 5.84 Å². The van der Waals surface area contributed by atoms with Crippen LogP contribution in [-0.2, 0) is 0 Å². The summed E-state index contributed by atoms with van der Waals surface area (Å²) in [5.74, 6) is 5.28. The maximum absolute atomic E-state index is 11.1. The van der Waals surface area contributed by atoms with Crippen LogP contribution in [0.2, 0.25) is 0 Å². The van der Waals surface area contributed by atoms with Crippen molar-refractivity contribution in [3.05, 3.63) is 28.3 Å². The number of rotatable bonds is 6. The van der Waals surface area contributed by atoms with Gasteiger partial charge in [0.15, 0.2) is 0 Å². The maximum Gasteiger partial charge on any atom is 0.316 e. The lowest BCUT2D eigenvalue weighted by Crippen LogP contribution is -2.20. The number of nitro groups is 1. The molecule has 0 saturated carbocycles. The molecule has 0 fully saturated rings. The number of unbranched alkanes of at least 4 members (excludes halogenated alkanes) is 1. The molecule has 0 aliphatic carbocycles. The summed E-state index contributed by atoms with van der Waals surface area (Å²) in [7, 11) is 1.85. The van der Waals surface area contributed by atoms with Crippen molar-refractivity contribution in [1.29, 1.82) is 0 Å². The van der Waals surface area contributed by atoms with Crippen LogP contribution in [0.4, 0.5) is 17.1 Å². The predicted molar refractivity (Wildman–Crippen MR) is 69.1 cm³/mol. The largest absolute Gasteiger partial charge is 0.369 e. The Hall–Kier alpha value is -1.82. The van der Waals surface area contributed by atoms with Crippen LogP contribution in [0.15, 0.2) is 18.2 Å². The Bertz CT molecular complexity index is 395. The average Bonchev–Trinajstić information content (AvgIpc) is 2.34. The summed E-state index contributed by atoms with van der Waals surface area (Å²) >= 11 is 0. The quantitative estimate of drug-likeness (QED) is 0.450. The highest BCUT2D eigenvalue weighted by molar-refractivity contribution is 5.76. The summed E-state index contributed by atoms with van der Waals surface area (Å²) < 4.78 is 0. The molecule has 0 aliphatic rings. The number of benzene rings is 1. The molecule has 0 atom stereocenters. The molecule has 0 saturated heterocycles. The Morgan fingerprint density at radius 3 is 2.76 bits per heavy atom. The normalized spacial score (nSPS) is 10.1. The highest BCUT2D eigenvalue weighted by Gasteiger charge is 2.21. The smallest absolute Gasteiger partial charge is 0.316 e. The first kappa shape index (κ1) is 13.2. The molecular weight excluding hydrogens is 220 g/mol. The number of hydrogen-bond donors (Lipinski definition) is 2. The number of para-hydroxylation sites is 1. The zero-order valence-corrected chi connectivity index (χ0v) is 10.1. The Morgan fingerprint density at radius 1 is 1.53 bits per heavy atom. The molecule has 1 rings (SSSR count). The molecule has 6 heteroatoms. The molecule has 1 aromatic carbocycles. The SMILES string of the molecule is CCCCN(C)c1cccc(NN)c1[N+](=O)[O-]. The van der Waals surface area contributed by atoms with E-state index in [1.165, 1.54) is 0 Å². The fourth-order valence-corrected chi connectivity index (χ4v) is 1.66. The molecule has 0 aliphatic heterocycles. The molecule has 0 spiro atoms. The van der Waals surface area contributed by atoms with Gasteiger partial charge in [-0.2, -0.15) is 0 Å². The molecule has 0 aromatic heterocycles. The lowest BCUT2D eigenvalue weighted by molar-refractivity contribution is -0.383. The number of nitrogens with one attached hydrogen (secondary N) is 1. The number of nitrogens with zero attached hydrogens (tertiary/aromatic N) is 2. The van der Waals surface area contributed by atoms with E-state index < -0.39 is 4.92 Å². The van der Waals surface area contributed by atoms with Gasteiger partial charge in [-0.3, -0.25) is 16.0 Å². The van der Waals surface area contributed by atoms with Gasteiger partial charge in [0, 0.05) is 13.6 Å². The molecular formula is C11H18N4O2. The van der Waals surface area contributed by atoms with Gasteiger partial charge in [0.1, 0.15) is 11.4 Å². The fraction of sp³-hybridized carbons (Fsp3) is 0.455. The number of nitrogen functional groups attached to an aromatic ring is 1. The summed E-state index contributed by atoms with van der Waals surface area (Å²) in [4.78, 5) is 12.5. The van der Waals surface area contributed by atoms with Gasteiger partial charge in [-0.05, 0) is 18.6 Å². The third-order valence-corrected chi connectivity index (χ3v) is 2.61. The number of hydrogen-bond acceptors (Lipinski definition) is 5. The molecule has 17 heavy (non-hydrogen) atoms. The Balaban J connectivity index is 3.09. The second-order valence-corrected chi connectivity index (χ2v) is 3.85. The van der Waals surface area contributed by atoms with E-state index in [0.717, 1.165) is 19.4 Å². The van der Waals surface area contributed by atoms with E-state index in [1.807, 2.05) is 11.9 Å². The average molecular weight is 238 g/mol. The minimum Gasteiger partial charge on any atom is -0.369 e. The van der Waals surface area contributed by atoms with E-state index in [-0.39, 0.29) is 5.69 Å². The summed E-state index contributed by atoms with van der Waals surface area (Å²) in [6.45, 7) is 2.87.